The molecule has 2 heterocycles. The molecule has 2 N–H and O–H groups in total. The van der Waals surface area contributed by atoms with Gasteiger partial charge < -0.3 is 10.6 Å². The maximum absolute atomic E-state index is 12.4. The Morgan fingerprint density at radius 2 is 2.00 bits per heavy atom. The van der Waals surface area contributed by atoms with Gasteiger partial charge in [0.1, 0.15) is 5.82 Å². The average molecular weight is 256 g/mol. The van der Waals surface area contributed by atoms with Gasteiger partial charge in [0.05, 0.1) is 17.8 Å². The highest BCUT2D eigenvalue weighted by Crippen LogP contribution is 2.12. The van der Waals surface area contributed by atoms with Crippen LogP contribution in [0.3, 0.4) is 0 Å². The second-order valence-electron chi connectivity index (χ2n) is 4.08. The van der Waals surface area contributed by atoms with Crippen LogP contribution in [-0.2, 0) is 6.54 Å². The molecule has 0 aromatic carbocycles. The summed E-state index contributed by atoms with van der Waals surface area (Å²) in [5, 5.41) is 0. The molecule has 19 heavy (non-hydrogen) atoms. The molecule has 0 aliphatic heterocycles. The number of carbonyl (C=O) groups is 1. The van der Waals surface area contributed by atoms with Crippen LogP contribution in [0.25, 0.3) is 0 Å². The summed E-state index contributed by atoms with van der Waals surface area (Å²) < 4.78 is 0. The Morgan fingerprint density at radius 1 is 1.21 bits per heavy atom. The highest BCUT2D eigenvalue weighted by molar-refractivity contribution is 5.98. The van der Waals surface area contributed by atoms with Gasteiger partial charge in [0.2, 0.25) is 0 Å². The molecule has 0 unspecified atom stereocenters. The van der Waals surface area contributed by atoms with Crippen molar-refractivity contribution in [2.45, 2.75) is 13.5 Å². The van der Waals surface area contributed by atoms with Gasteiger partial charge in [-0.25, -0.2) is 4.98 Å². The number of pyridine rings is 2. The molecule has 5 heteroatoms. The summed E-state index contributed by atoms with van der Waals surface area (Å²) in [5.41, 5.74) is 7.01. The molecule has 0 spiro atoms. The van der Waals surface area contributed by atoms with Crippen molar-refractivity contribution in [1.82, 2.24) is 14.9 Å². The molecule has 5 nitrogen and oxygen atoms in total. The maximum Gasteiger partial charge on any atom is 0.257 e. The van der Waals surface area contributed by atoms with Crippen LogP contribution in [0.1, 0.15) is 23.0 Å². The number of anilines is 1. The van der Waals surface area contributed by atoms with Crippen molar-refractivity contribution in [1.29, 1.82) is 0 Å². The smallest absolute Gasteiger partial charge is 0.257 e. The lowest BCUT2D eigenvalue weighted by molar-refractivity contribution is 0.0751. The molecular weight excluding hydrogens is 240 g/mol. The molecular formula is C14H16N4O. The van der Waals surface area contributed by atoms with Crippen molar-refractivity contribution in [3.63, 3.8) is 0 Å². The quantitative estimate of drug-likeness (QED) is 0.904. The molecule has 2 rings (SSSR count). The summed E-state index contributed by atoms with van der Waals surface area (Å²) in [5.74, 6) is 0.130. The lowest BCUT2D eigenvalue weighted by Crippen LogP contribution is -2.31. The van der Waals surface area contributed by atoms with Gasteiger partial charge in [-0.1, -0.05) is 6.07 Å². The van der Waals surface area contributed by atoms with E-state index in [0.717, 1.165) is 5.69 Å². The zero-order valence-corrected chi connectivity index (χ0v) is 10.8. The topological polar surface area (TPSA) is 72.1 Å². The van der Waals surface area contributed by atoms with Crippen molar-refractivity contribution < 1.29 is 4.79 Å². The van der Waals surface area contributed by atoms with Gasteiger partial charge in [0.25, 0.3) is 5.91 Å². The van der Waals surface area contributed by atoms with Gasteiger partial charge in [-0.05, 0) is 31.2 Å². The Balaban J connectivity index is 2.18. The third-order valence-electron chi connectivity index (χ3n) is 2.82. The van der Waals surface area contributed by atoms with Crippen molar-refractivity contribution >= 4 is 11.7 Å². The van der Waals surface area contributed by atoms with E-state index < -0.39 is 0 Å². The van der Waals surface area contributed by atoms with E-state index in [-0.39, 0.29) is 11.7 Å². The number of hydrogen-bond donors (Lipinski definition) is 1. The first-order valence-electron chi connectivity index (χ1n) is 6.12. The van der Waals surface area contributed by atoms with Crippen LogP contribution in [-0.4, -0.2) is 27.3 Å². The van der Waals surface area contributed by atoms with E-state index in [4.69, 9.17) is 5.73 Å². The van der Waals surface area contributed by atoms with E-state index in [0.29, 0.717) is 18.7 Å². The second kappa shape index (κ2) is 5.95. The number of nitrogens with two attached hydrogens (primary N) is 1. The van der Waals surface area contributed by atoms with Gasteiger partial charge in [0.15, 0.2) is 0 Å². The van der Waals surface area contributed by atoms with Crippen LogP contribution in [0.5, 0.6) is 0 Å². The third kappa shape index (κ3) is 3.07. The highest BCUT2D eigenvalue weighted by Gasteiger charge is 2.17. The predicted octanol–water partition coefficient (Wildman–Crippen LogP) is 1.72. The molecule has 0 saturated heterocycles. The lowest BCUT2D eigenvalue weighted by atomic mass is 10.2. The van der Waals surface area contributed by atoms with Crippen LogP contribution < -0.4 is 5.73 Å². The van der Waals surface area contributed by atoms with Crippen molar-refractivity contribution in [2.75, 3.05) is 12.3 Å². The van der Waals surface area contributed by atoms with Crippen molar-refractivity contribution in [2.24, 2.45) is 0 Å². The van der Waals surface area contributed by atoms with E-state index in [9.17, 15) is 4.79 Å². The summed E-state index contributed by atoms with van der Waals surface area (Å²) in [4.78, 5) is 22.2. The zero-order chi connectivity index (χ0) is 13.7. The molecule has 2 aromatic rings. The van der Waals surface area contributed by atoms with Gasteiger partial charge in [-0.3, -0.25) is 9.78 Å². The SMILES string of the molecule is CCN(Cc1ccccn1)C(=O)c1cccnc1N. The van der Waals surface area contributed by atoms with Gasteiger partial charge >= 0.3 is 0 Å². The molecule has 0 atom stereocenters. The summed E-state index contributed by atoms with van der Waals surface area (Å²) in [6, 6.07) is 9.03. The van der Waals surface area contributed by atoms with Crippen LogP contribution in [0.2, 0.25) is 0 Å². The molecule has 1 amide bonds. The molecule has 0 aliphatic rings. The number of hydrogen-bond acceptors (Lipinski definition) is 4. The summed E-state index contributed by atoms with van der Waals surface area (Å²) in [6.45, 7) is 2.97. The van der Waals surface area contributed by atoms with Crippen molar-refractivity contribution in [3.05, 3.63) is 54.0 Å². The number of amides is 1. The Hall–Kier alpha value is -2.43. The fourth-order valence-corrected chi connectivity index (χ4v) is 1.78. The minimum Gasteiger partial charge on any atom is -0.383 e. The first-order chi connectivity index (χ1) is 9.22. The molecule has 0 radical (unpaired) electrons. The van der Waals surface area contributed by atoms with E-state index in [1.54, 1.807) is 29.4 Å². The number of carbonyl (C=O) groups excluding carboxylic acids is 1. The first-order valence-corrected chi connectivity index (χ1v) is 6.12. The fourth-order valence-electron chi connectivity index (χ4n) is 1.78. The maximum atomic E-state index is 12.4. The fraction of sp³-hybridized carbons (Fsp3) is 0.214. The van der Waals surface area contributed by atoms with Gasteiger partial charge in [-0.15, -0.1) is 0 Å². The zero-order valence-electron chi connectivity index (χ0n) is 10.8. The number of nitrogen functional groups attached to an aromatic ring is 1. The number of rotatable bonds is 4. The van der Waals surface area contributed by atoms with Crippen LogP contribution >= 0.6 is 0 Å². The molecule has 0 fully saturated rings. The van der Waals surface area contributed by atoms with Gasteiger partial charge in [-0.2, -0.15) is 0 Å². The van der Waals surface area contributed by atoms with E-state index in [1.807, 2.05) is 25.1 Å². The van der Waals surface area contributed by atoms with E-state index >= 15 is 0 Å². The van der Waals surface area contributed by atoms with E-state index in [1.165, 1.54) is 0 Å². The largest absolute Gasteiger partial charge is 0.383 e. The average Bonchev–Trinajstić information content (AvgIpc) is 2.46. The summed E-state index contributed by atoms with van der Waals surface area (Å²) in [7, 11) is 0. The predicted molar refractivity (Wildman–Crippen MR) is 73.3 cm³/mol. The molecule has 98 valence electrons. The van der Waals surface area contributed by atoms with Crippen LogP contribution in [0.15, 0.2) is 42.7 Å². The Kier molecular flexibility index (Phi) is 4.07. The normalized spacial score (nSPS) is 10.2. The summed E-state index contributed by atoms with van der Waals surface area (Å²) in [6.07, 6.45) is 3.28. The Bertz CT molecular complexity index is 556. The Labute approximate surface area is 112 Å². The van der Waals surface area contributed by atoms with Gasteiger partial charge in [0, 0.05) is 18.9 Å². The second-order valence-corrected chi connectivity index (χ2v) is 4.08. The number of aromatic nitrogens is 2. The van der Waals surface area contributed by atoms with Crippen LogP contribution in [0, 0.1) is 0 Å². The van der Waals surface area contributed by atoms with Crippen molar-refractivity contribution in [3.8, 4) is 0 Å². The first kappa shape index (κ1) is 13.0. The third-order valence-corrected chi connectivity index (χ3v) is 2.82. The van der Waals surface area contributed by atoms with Crippen LogP contribution in [0.4, 0.5) is 5.82 Å². The monoisotopic (exact) mass is 256 g/mol. The molecule has 0 saturated carbocycles. The number of nitrogens with zero attached hydrogens (tertiary/aromatic N) is 3. The lowest BCUT2D eigenvalue weighted by Gasteiger charge is -2.20. The van der Waals surface area contributed by atoms with E-state index in [2.05, 4.69) is 9.97 Å². The molecule has 2 aromatic heterocycles. The molecule has 0 aliphatic carbocycles. The molecule has 0 bridgehead atoms. The highest BCUT2D eigenvalue weighted by atomic mass is 16.2. The standard InChI is InChI=1S/C14H16N4O/c1-2-18(10-11-6-3-4-8-16-11)14(19)12-7-5-9-17-13(12)15/h3-9H,2,10H2,1H3,(H2,15,17). The Morgan fingerprint density at radius 3 is 2.63 bits per heavy atom. The minimum atomic E-state index is -0.126. The summed E-state index contributed by atoms with van der Waals surface area (Å²) >= 11 is 0. The minimum absolute atomic E-state index is 0.126.